The van der Waals surface area contributed by atoms with Crippen LogP contribution in [0.1, 0.15) is 22.7 Å². The Hall–Kier alpha value is -1.81. The average Bonchev–Trinajstić information content (AvgIpc) is 2.39. The van der Waals surface area contributed by atoms with Crippen molar-refractivity contribution in [2.45, 2.75) is 13.0 Å². The molecule has 0 aromatic heterocycles. The summed E-state index contributed by atoms with van der Waals surface area (Å²) in [5.74, 6) is -1.53. The minimum absolute atomic E-state index is 0.0898. The van der Waals surface area contributed by atoms with Gasteiger partial charge in [-0.3, -0.25) is 0 Å². The Labute approximate surface area is 110 Å². The Morgan fingerprint density at radius 3 is 2.42 bits per heavy atom. The summed E-state index contributed by atoms with van der Waals surface area (Å²) in [6.07, 6.45) is 0. The molecular formula is C15H14F3N. The summed E-state index contributed by atoms with van der Waals surface area (Å²) in [5, 5.41) is 2.82. The molecule has 19 heavy (non-hydrogen) atoms. The van der Waals surface area contributed by atoms with E-state index in [1.807, 2.05) is 0 Å². The summed E-state index contributed by atoms with van der Waals surface area (Å²) in [6.45, 7) is 1.63. The van der Waals surface area contributed by atoms with Crippen LogP contribution in [0.3, 0.4) is 0 Å². The molecule has 0 amide bonds. The Morgan fingerprint density at radius 1 is 1.00 bits per heavy atom. The van der Waals surface area contributed by atoms with Crippen molar-refractivity contribution in [1.82, 2.24) is 5.32 Å². The molecule has 1 unspecified atom stereocenters. The van der Waals surface area contributed by atoms with E-state index in [1.54, 1.807) is 32.2 Å². The first-order valence-electron chi connectivity index (χ1n) is 5.92. The zero-order valence-electron chi connectivity index (χ0n) is 10.7. The van der Waals surface area contributed by atoms with Gasteiger partial charge < -0.3 is 5.32 Å². The van der Waals surface area contributed by atoms with E-state index in [1.165, 1.54) is 0 Å². The van der Waals surface area contributed by atoms with Crippen LogP contribution >= 0.6 is 0 Å². The quantitative estimate of drug-likeness (QED) is 0.891. The number of aryl methyl sites for hydroxylation is 1. The molecule has 1 atom stereocenters. The third-order valence-corrected chi connectivity index (χ3v) is 3.09. The minimum atomic E-state index is -0.726. The molecule has 2 aromatic rings. The number of nitrogens with one attached hydrogen (secondary N) is 1. The maximum Gasteiger partial charge on any atom is 0.131 e. The van der Waals surface area contributed by atoms with Gasteiger partial charge in [-0.1, -0.05) is 18.2 Å². The van der Waals surface area contributed by atoms with Crippen LogP contribution in [0.25, 0.3) is 0 Å². The molecule has 1 nitrogen and oxygen atoms in total. The highest BCUT2D eigenvalue weighted by molar-refractivity contribution is 5.36. The van der Waals surface area contributed by atoms with Gasteiger partial charge in [0.05, 0.1) is 6.04 Å². The third kappa shape index (κ3) is 2.63. The number of rotatable bonds is 3. The molecule has 2 rings (SSSR count). The van der Waals surface area contributed by atoms with Crippen LogP contribution in [-0.4, -0.2) is 7.05 Å². The van der Waals surface area contributed by atoms with Gasteiger partial charge in [0.2, 0.25) is 0 Å². The number of benzene rings is 2. The van der Waals surface area contributed by atoms with Crippen molar-refractivity contribution in [3.05, 3.63) is 70.5 Å². The van der Waals surface area contributed by atoms with E-state index in [-0.39, 0.29) is 5.56 Å². The number of hydrogen-bond donors (Lipinski definition) is 1. The van der Waals surface area contributed by atoms with Gasteiger partial charge in [0.25, 0.3) is 0 Å². The molecule has 0 bridgehead atoms. The van der Waals surface area contributed by atoms with Gasteiger partial charge in [-0.25, -0.2) is 13.2 Å². The van der Waals surface area contributed by atoms with E-state index in [9.17, 15) is 13.2 Å². The van der Waals surface area contributed by atoms with Crippen molar-refractivity contribution < 1.29 is 13.2 Å². The zero-order valence-corrected chi connectivity index (χ0v) is 10.7. The van der Waals surface area contributed by atoms with Crippen LogP contribution in [0.2, 0.25) is 0 Å². The van der Waals surface area contributed by atoms with Crippen LogP contribution in [0.15, 0.2) is 36.4 Å². The van der Waals surface area contributed by atoms with Crippen molar-refractivity contribution >= 4 is 0 Å². The van der Waals surface area contributed by atoms with Crippen LogP contribution < -0.4 is 5.32 Å². The topological polar surface area (TPSA) is 12.0 Å². The number of hydrogen-bond acceptors (Lipinski definition) is 1. The second-order valence-corrected chi connectivity index (χ2v) is 4.37. The molecule has 0 aliphatic heterocycles. The predicted molar refractivity (Wildman–Crippen MR) is 68.4 cm³/mol. The Balaban J connectivity index is 2.56. The molecule has 0 saturated carbocycles. The highest BCUT2D eigenvalue weighted by Gasteiger charge is 2.20. The Bertz CT molecular complexity index is 594. The van der Waals surface area contributed by atoms with Crippen LogP contribution in [0, 0.1) is 24.4 Å². The maximum absolute atomic E-state index is 14.1. The monoisotopic (exact) mass is 265 g/mol. The summed E-state index contributed by atoms with van der Waals surface area (Å²) >= 11 is 0. The highest BCUT2D eigenvalue weighted by Crippen LogP contribution is 2.27. The van der Waals surface area contributed by atoms with Gasteiger partial charge in [0.15, 0.2) is 0 Å². The highest BCUT2D eigenvalue weighted by atomic mass is 19.1. The summed E-state index contributed by atoms with van der Waals surface area (Å²) in [4.78, 5) is 0. The Kier molecular flexibility index (Phi) is 3.90. The summed E-state index contributed by atoms with van der Waals surface area (Å²) in [7, 11) is 1.58. The molecule has 0 aliphatic rings. The van der Waals surface area contributed by atoms with Crippen LogP contribution in [-0.2, 0) is 0 Å². The van der Waals surface area contributed by atoms with E-state index in [0.717, 1.165) is 18.2 Å². The van der Waals surface area contributed by atoms with Gasteiger partial charge in [0.1, 0.15) is 17.5 Å². The third-order valence-electron chi connectivity index (χ3n) is 3.09. The molecule has 0 aliphatic carbocycles. The molecule has 4 heteroatoms. The molecule has 0 heterocycles. The van der Waals surface area contributed by atoms with Gasteiger partial charge >= 0.3 is 0 Å². The smallest absolute Gasteiger partial charge is 0.131 e. The van der Waals surface area contributed by atoms with Gasteiger partial charge in [-0.05, 0) is 37.7 Å². The van der Waals surface area contributed by atoms with Crippen molar-refractivity contribution in [2.75, 3.05) is 7.05 Å². The normalized spacial score (nSPS) is 12.5. The molecular weight excluding hydrogens is 251 g/mol. The van der Waals surface area contributed by atoms with E-state index in [0.29, 0.717) is 11.1 Å². The molecule has 100 valence electrons. The fraction of sp³-hybridized carbons (Fsp3) is 0.200. The van der Waals surface area contributed by atoms with E-state index in [2.05, 4.69) is 5.32 Å². The standard InChI is InChI=1S/C15H14F3N/c1-9-4-3-5-11(14(9)18)15(19-2)12-8-10(16)6-7-13(12)17/h3-8,15,19H,1-2H3. The van der Waals surface area contributed by atoms with E-state index < -0.39 is 23.5 Å². The lowest BCUT2D eigenvalue weighted by Gasteiger charge is -2.19. The first-order chi connectivity index (χ1) is 9.04. The molecule has 0 fully saturated rings. The summed E-state index contributed by atoms with van der Waals surface area (Å²) in [6, 6.07) is 7.33. The Morgan fingerprint density at radius 2 is 1.74 bits per heavy atom. The average molecular weight is 265 g/mol. The molecule has 2 aromatic carbocycles. The van der Waals surface area contributed by atoms with Gasteiger partial charge in [0, 0.05) is 11.1 Å². The second kappa shape index (κ2) is 5.45. The first kappa shape index (κ1) is 13.6. The summed E-state index contributed by atoms with van der Waals surface area (Å²) < 4.78 is 41.1. The van der Waals surface area contributed by atoms with E-state index >= 15 is 0 Å². The van der Waals surface area contributed by atoms with Crippen molar-refractivity contribution in [3.63, 3.8) is 0 Å². The summed E-state index contributed by atoms with van der Waals surface area (Å²) in [5.41, 5.74) is 0.855. The maximum atomic E-state index is 14.1. The number of halogens is 3. The lowest BCUT2D eigenvalue weighted by molar-refractivity contribution is 0.534. The van der Waals surface area contributed by atoms with Crippen molar-refractivity contribution in [3.8, 4) is 0 Å². The van der Waals surface area contributed by atoms with Crippen molar-refractivity contribution in [2.24, 2.45) is 0 Å². The first-order valence-corrected chi connectivity index (χ1v) is 5.92. The fourth-order valence-electron chi connectivity index (χ4n) is 2.11. The van der Waals surface area contributed by atoms with E-state index in [4.69, 9.17) is 0 Å². The van der Waals surface area contributed by atoms with Crippen LogP contribution in [0.5, 0.6) is 0 Å². The lowest BCUT2D eigenvalue weighted by Crippen LogP contribution is -2.20. The lowest BCUT2D eigenvalue weighted by atomic mass is 9.96. The fourth-order valence-corrected chi connectivity index (χ4v) is 2.11. The zero-order chi connectivity index (χ0) is 14.0. The molecule has 0 spiro atoms. The minimum Gasteiger partial charge on any atom is -0.309 e. The molecule has 0 saturated heterocycles. The van der Waals surface area contributed by atoms with Crippen LogP contribution in [0.4, 0.5) is 13.2 Å². The predicted octanol–water partition coefficient (Wildman–Crippen LogP) is 3.72. The second-order valence-electron chi connectivity index (χ2n) is 4.37. The van der Waals surface area contributed by atoms with Gasteiger partial charge in [-0.2, -0.15) is 0 Å². The molecule has 1 N–H and O–H groups in total. The van der Waals surface area contributed by atoms with Gasteiger partial charge in [-0.15, -0.1) is 0 Å². The molecule has 0 radical (unpaired) electrons. The SMILES string of the molecule is CNC(c1cc(F)ccc1F)c1cccc(C)c1F. The largest absolute Gasteiger partial charge is 0.309 e. The van der Waals surface area contributed by atoms with Crippen molar-refractivity contribution in [1.29, 1.82) is 0 Å².